The van der Waals surface area contributed by atoms with Crippen molar-refractivity contribution in [3.05, 3.63) is 53.1 Å². The zero-order valence-electron chi connectivity index (χ0n) is 16.0. The molecule has 148 valence electrons. The van der Waals surface area contributed by atoms with Gasteiger partial charge in [-0.2, -0.15) is 25.6 Å². The number of nitrogens with zero attached hydrogens (tertiary/aromatic N) is 5. The van der Waals surface area contributed by atoms with Crippen molar-refractivity contribution >= 4 is 33.0 Å². The number of hydrazone groups is 1. The molecule has 0 aromatic heterocycles. The molecule has 0 radical (unpaired) electrons. The summed E-state index contributed by atoms with van der Waals surface area (Å²) >= 11 is 0. The third kappa shape index (κ3) is 3.91. The lowest BCUT2D eigenvalue weighted by atomic mass is 10.1. The lowest BCUT2D eigenvalue weighted by molar-refractivity contribution is -0.117. The Morgan fingerprint density at radius 3 is 2.45 bits per heavy atom. The van der Waals surface area contributed by atoms with Crippen LogP contribution in [0.5, 0.6) is 0 Å². The largest absolute Gasteiger partial charge is 0.281 e. The molecule has 1 aliphatic heterocycles. The van der Waals surface area contributed by atoms with Crippen molar-refractivity contribution in [3.8, 4) is 6.07 Å². The second-order valence-electron chi connectivity index (χ2n) is 6.60. The molecule has 2 aromatic carbocycles. The molecule has 0 saturated carbocycles. The van der Waals surface area contributed by atoms with Crippen LogP contribution < -0.4 is 10.1 Å². The number of hydrogen-bond donors (Lipinski definition) is 1. The molecule has 0 spiro atoms. The van der Waals surface area contributed by atoms with Gasteiger partial charge in [-0.25, -0.2) is 13.6 Å². The molecule has 0 bridgehead atoms. The number of hydrogen-bond acceptors (Lipinski definition) is 7. The summed E-state index contributed by atoms with van der Waals surface area (Å²) in [6.45, 7) is 5.07. The number of benzene rings is 2. The van der Waals surface area contributed by atoms with Crippen LogP contribution in [0.1, 0.15) is 16.7 Å². The number of rotatable bonds is 4. The van der Waals surface area contributed by atoms with Crippen molar-refractivity contribution in [1.82, 2.24) is 0 Å². The number of primary sulfonamides is 1. The predicted molar refractivity (Wildman–Crippen MR) is 107 cm³/mol. The number of carbonyl (C=O) groups is 1. The fraction of sp³-hybridized carbons (Fsp3) is 0.211. The summed E-state index contributed by atoms with van der Waals surface area (Å²) in [5, 5.41) is 27.9. The van der Waals surface area contributed by atoms with E-state index in [1.165, 1.54) is 12.1 Å². The van der Waals surface area contributed by atoms with Crippen molar-refractivity contribution in [2.45, 2.75) is 31.7 Å². The van der Waals surface area contributed by atoms with E-state index >= 15 is 0 Å². The number of nitrogens with two attached hydrogens (primary N) is 1. The van der Waals surface area contributed by atoms with E-state index in [-0.39, 0.29) is 10.6 Å². The lowest BCUT2D eigenvalue weighted by Gasteiger charge is -2.14. The van der Waals surface area contributed by atoms with Gasteiger partial charge in [-0.1, -0.05) is 18.2 Å². The minimum absolute atomic E-state index is 0.00380. The first-order chi connectivity index (χ1) is 13.6. The zero-order chi connectivity index (χ0) is 21.3. The maximum Gasteiger partial charge on any atom is 0.281 e. The van der Waals surface area contributed by atoms with Crippen molar-refractivity contribution in [2.75, 3.05) is 5.01 Å². The van der Waals surface area contributed by atoms with Crippen LogP contribution >= 0.6 is 0 Å². The minimum atomic E-state index is -3.86. The average Bonchev–Trinajstić information content (AvgIpc) is 2.97. The van der Waals surface area contributed by atoms with E-state index in [1.54, 1.807) is 26.0 Å². The molecular formula is C19H18N6O3S. The van der Waals surface area contributed by atoms with Crippen LogP contribution in [0.15, 0.2) is 56.6 Å². The van der Waals surface area contributed by atoms with Crippen LogP contribution in [-0.4, -0.2) is 26.1 Å². The summed E-state index contributed by atoms with van der Waals surface area (Å²) in [7, 11) is -3.86. The zero-order valence-corrected chi connectivity index (χ0v) is 16.8. The molecule has 2 aromatic rings. The van der Waals surface area contributed by atoms with Crippen molar-refractivity contribution in [2.24, 2.45) is 20.5 Å². The van der Waals surface area contributed by atoms with Gasteiger partial charge in [0.05, 0.1) is 16.3 Å². The Hall–Kier alpha value is -3.42. The summed E-state index contributed by atoms with van der Waals surface area (Å²) in [5.41, 5.74) is 2.60. The van der Waals surface area contributed by atoms with Gasteiger partial charge in [0.25, 0.3) is 5.91 Å². The van der Waals surface area contributed by atoms with Crippen molar-refractivity contribution < 1.29 is 13.2 Å². The van der Waals surface area contributed by atoms with Gasteiger partial charge in [-0.15, -0.1) is 0 Å². The second kappa shape index (κ2) is 7.54. The molecule has 3 rings (SSSR count). The van der Waals surface area contributed by atoms with Gasteiger partial charge in [0.2, 0.25) is 16.1 Å². The SMILES string of the molecule is Cc1cc(S(N)(=O)=O)c(C)cc1/N=N/C1C(=O)N(c2ccccc2C)N=C1C#N. The van der Waals surface area contributed by atoms with E-state index < -0.39 is 22.0 Å². The van der Waals surface area contributed by atoms with Gasteiger partial charge in [0, 0.05) is 0 Å². The third-order valence-electron chi connectivity index (χ3n) is 4.45. The van der Waals surface area contributed by atoms with E-state index in [0.29, 0.717) is 22.5 Å². The van der Waals surface area contributed by atoms with Gasteiger partial charge in [-0.3, -0.25) is 4.79 Å². The number of aryl methyl sites for hydroxylation is 3. The van der Waals surface area contributed by atoms with Gasteiger partial charge in [-0.05, 0) is 55.7 Å². The molecular weight excluding hydrogens is 392 g/mol. The molecule has 0 saturated heterocycles. The molecule has 2 N–H and O–H groups in total. The van der Waals surface area contributed by atoms with Crippen LogP contribution in [0, 0.1) is 32.1 Å². The summed E-state index contributed by atoms with van der Waals surface area (Å²) in [6, 6.07) is 10.8. The molecule has 29 heavy (non-hydrogen) atoms. The highest BCUT2D eigenvalue weighted by molar-refractivity contribution is 7.89. The summed E-state index contributed by atoms with van der Waals surface area (Å²) in [5.74, 6) is -0.491. The molecule has 0 aliphatic carbocycles. The summed E-state index contributed by atoms with van der Waals surface area (Å²) < 4.78 is 23.3. The molecule has 1 atom stereocenters. The Kier molecular flexibility index (Phi) is 5.28. The quantitative estimate of drug-likeness (QED) is 0.773. The molecule has 1 unspecified atom stereocenters. The maximum atomic E-state index is 12.8. The smallest absolute Gasteiger partial charge is 0.269 e. The van der Waals surface area contributed by atoms with E-state index in [2.05, 4.69) is 15.3 Å². The number of carbonyl (C=O) groups excluding carboxylic acids is 1. The Morgan fingerprint density at radius 1 is 1.14 bits per heavy atom. The Morgan fingerprint density at radius 2 is 1.83 bits per heavy atom. The topological polar surface area (TPSA) is 141 Å². The Labute approximate surface area is 168 Å². The highest BCUT2D eigenvalue weighted by Crippen LogP contribution is 2.28. The van der Waals surface area contributed by atoms with Crippen LogP contribution in [0.4, 0.5) is 11.4 Å². The first-order valence-corrected chi connectivity index (χ1v) is 10.1. The van der Waals surface area contributed by atoms with Crippen LogP contribution in [0.2, 0.25) is 0 Å². The van der Waals surface area contributed by atoms with Crippen molar-refractivity contribution in [3.63, 3.8) is 0 Å². The normalized spacial score (nSPS) is 16.9. The molecule has 1 heterocycles. The number of azo groups is 1. The van der Waals surface area contributed by atoms with Gasteiger partial charge >= 0.3 is 0 Å². The lowest BCUT2D eigenvalue weighted by Crippen LogP contribution is -2.30. The fourth-order valence-electron chi connectivity index (χ4n) is 2.91. The van der Waals surface area contributed by atoms with Crippen molar-refractivity contribution in [1.29, 1.82) is 5.26 Å². The molecule has 0 fully saturated rings. The summed E-state index contributed by atoms with van der Waals surface area (Å²) in [6.07, 6.45) is 0. The minimum Gasteiger partial charge on any atom is -0.269 e. The number of nitriles is 1. The highest BCUT2D eigenvalue weighted by Gasteiger charge is 2.38. The first kappa shape index (κ1) is 20.3. The van der Waals surface area contributed by atoms with E-state index in [0.717, 1.165) is 10.6 Å². The summed E-state index contributed by atoms with van der Waals surface area (Å²) in [4.78, 5) is 12.8. The van der Waals surface area contributed by atoms with Gasteiger partial charge in [0.1, 0.15) is 6.07 Å². The van der Waals surface area contributed by atoms with Gasteiger partial charge in [0.15, 0.2) is 5.71 Å². The number of sulfonamides is 1. The first-order valence-electron chi connectivity index (χ1n) is 8.56. The molecule has 9 nitrogen and oxygen atoms in total. The predicted octanol–water partition coefficient (Wildman–Crippen LogP) is 2.64. The van der Waals surface area contributed by atoms with Crippen LogP contribution in [0.3, 0.4) is 0 Å². The Bertz CT molecular complexity index is 1210. The number of amides is 1. The number of anilines is 1. The fourth-order valence-corrected chi connectivity index (χ4v) is 3.76. The highest BCUT2D eigenvalue weighted by atomic mass is 32.2. The molecule has 1 aliphatic rings. The third-order valence-corrected chi connectivity index (χ3v) is 5.50. The van der Waals surface area contributed by atoms with E-state index in [4.69, 9.17) is 5.14 Å². The van der Waals surface area contributed by atoms with Crippen LogP contribution in [-0.2, 0) is 14.8 Å². The standard InChI is InChI=1S/C19H18N6O3S/c1-11-6-4-5-7-16(11)25-19(26)18(15(10-20)24-25)23-22-14-8-13(3)17(9-12(14)2)29(21,27)28/h4-9,18H,1-3H3,(H2,21,27,28)/b23-22+. The van der Waals surface area contributed by atoms with Gasteiger partial charge < -0.3 is 0 Å². The molecule has 10 heteroatoms. The monoisotopic (exact) mass is 410 g/mol. The van der Waals surface area contributed by atoms with E-state index in [1.807, 2.05) is 25.1 Å². The van der Waals surface area contributed by atoms with Crippen LogP contribution in [0.25, 0.3) is 0 Å². The maximum absolute atomic E-state index is 12.8. The molecule has 1 amide bonds. The Balaban J connectivity index is 1.95. The second-order valence-corrected chi connectivity index (χ2v) is 8.13. The number of para-hydroxylation sites is 1. The average molecular weight is 410 g/mol. The van der Waals surface area contributed by atoms with E-state index in [9.17, 15) is 18.5 Å².